The monoisotopic (exact) mass is 630 g/mol. The molecule has 0 saturated heterocycles. The van der Waals surface area contributed by atoms with Crippen LogP contribution in [0.25, 0.3) is 0 Å². The minimum Gasteiger partial charge on any atom is -0.464 e. The molecule has 0 bridgehead atoms. The third-order valence-electron chi connectivity index (χ3n) is 11.4. The van der Waals surface area contributed by atoms with Crippen LogP contribution < -0.4 is 0 Å². The van der Waals surface area contributed by atoms with Gasteiger partial charge in [0.1, 0.15) is 11.9 Å². The number of alkyl halides is 5. The smallest absolute Gasteiger partial charge is 0.432 e. The number of ketones is 1. The van der Waals surface area contributed by atoms with Gasteiger partial charge >= 0.3 is 27.5 Å². The Morgan fingerprint density at radius 3 is 2.38 bits per heavy atom. The van der Waals surface area contributed by atoms with Gasteiger partial charge in [-0.2, -0.15) is 30.4 Å². The Kier molecular flexibility index (Phi) is 8.87. The molecule has 4 aliphatic rings. The molecule has 4 saturated carbocycles. The van der Waals surface area contributed by atoms with Crippen LogP contribution in [0.5, 0.6) is 0 Å². The maximum Gasteiger partial charge on any atom is 0.432 e. The molecule has 0 radical (unpaired) electrons. The third-order valence-corrected chi connectivity index (χ3v) is 12.3. The van der Waals surface area contributed by atoms with Crippen molar-refractivity contribution in [3.63, 3.8) is 0 Å². The van der Waals surface area contributed by atoms with Crippen LogP contribution in [0, 0.1) is 46.3 Å². The maximum atomic E-state index is 14.0. The summed E-state index contributed by atoms with van der Waals surface area (Å²) in [6, 6.07) is 0. The van der Waals surface area contributed by atoms with Gasteiger partial charge in [-0.15, -0.1) is 0 Å². The normalized spacial score (nSPS) is 38.5. The van der Waals surface area contributed by atoms with Crippen molar-refractivity contribution in [1.29, 1.82) is 0 Å². The highest BCUT2D eigenvalue weighted by Crippen LogP contribution is 2.67. The molecule has 2 unspecified atom stereocenters. The van der Waals surface area contributed by atoms with Gasteiger partial charge in [0.15, 0.2) is 0 Å². The largest absolute Gasteiger partial charge is 0.464 e. The van der Waals surface area contributed by atoms with Crippen molar-refractivity contribution < 1.29 is 58.8 Å². The van der Waals surface area contributed by atoms with Crippen LogP contribution in [0.4, 0.5) is 22.0 Å². The molecule has 0 amide bonds. The Labute approximate surface area is 242 Å². The van der Waals surface area contributed by atoms with Crippen molar-refractivity contribution >= 4 is 28.3 Å². The van der Waals surface area contributed by atoms with Gasteiger partial charge in [-0.1, -0.05) is 33.6 Å². The van der Waals surface area contributed by atoms with E-state index in [2.05, 4.69) is 11.7 Å². The van der Waals surface area contributed by atoms with Crippen LogP contribution >= 0.6 is 0 Å². The molecule has 0 aromatic carbocycles. The lowest BCUT2D eigenvalue weighted by Crippen LogP contribution is -2.61. The fourth-order valence-corrected chi connectivity index (χ4v) is 9.75. The van der Waals surface area contributed by atoms with Gasteiger partial charge in [0.2, 0.25) is 0 Å². The predicted molar refractivity (Wildman–Crippen MR) is 137 cm³/mol. The highest BCUT2D eigenvalue weighted by Gasteiger charge is 2.67. The summed E-state index contributed by atoms with van der Waals surface area (Å²) in [6.07, 6.45) is -4.98. The zero-order valence-corrected chi connectivity index (χ0v) is 24.7. The number of hydrogen-bond acceptors (Lipinski definition) is 7. The van der Waals surface area contributed by atoms with Gasteiger partial charge in [-0.3, -0.25) is 18.9 Å². The van der Waals surface area contributed by atoms with Crippen LogP contribution in [0.3, 0.4) is 0 Å². The van der Waals surface area contributed by atoms with E-state index < -0.39 is 51.4 Å². The Hall–Kier alpha value is -1.83. The number of hydrogen-bond donors (Lipinski definition) is 1. The molecule has 14 heteroatoms. The summed E-state index contributed by atoms with van der Waals surface area (Å²) in [5.41, 5.74) is -0.880. The van der Waals surface area contributed by atoms with Crippen LogP contribution in [0.2, 0.25) is 0 Å². The second-order valence-corrected chi connectivity index (χ2v) is 14.8. The van der Waals surface area contributed by atoms with E-state index in [-0.39, 0.29) is 47.4 Å². The average Bonchev–Trinajstić information content (AvgIpc) is 3.24. The van der Waals surface area contributed by atoms with Gasteiger partial charge in [-0.05, 0) is 73.5 Å². The summed E-state index contributed by atoms with van der Waals surface area (Å²) in [4.78, 5) is 37.7. The van der Waals surface area contributed by atoms with Crippen LogP contribution in [0.1, 0.15) is 85.0 Å². The van der Waals surface area contributed by atoms with E-state index in [1.54, 1.807) is 6.92 Å². The first-order valence-electron chi connectivity index (χ1n) is 14.5. The van der Waals surface area contributed by atoms with Gasteiger partial charge in [0.05, 0.1) is 0 Å². The summed E-state index contributed by atoms with van der Waals surface area (Å²) in [5.74, 6) is -2.02. The van der Waals surface area contributed by atoms with Crippen molar-refractivity contribution in [3.8, 4) is 0 Å². The topological polar surface area (TPSA) is 124 Å². The number of halogens is 5. The number of rotatable bonds is 9. The van der Waals surface area contributed by atoms with Gasteiger partial charge in [0, 0.05) is 24.2 Å². The lowest BCUT2D eigenvalue weighted by Gasteiger charge is -2.61. The molecule has 4 fully saturated rings. The molecule has 4 rings (SSSR count). The first-order chi connectivity index (χ1) is 19.3. The van der Waals surface area contributed by atoms with Crippen LogP contribution in [-0.4, -0.2) is 54.8 Å². The fraction of sp³-hybridized carbons (Fsp3) is 0.893. The van der Waals surface area contributed by atoms with Crippen molar-refractivity contribution in [2.24, 2.45) is 46.3 Å². The SMILES string of the molecule is C[C@H](CCC(=O)OC(C(F)(F)F)C(F)(F)S(=O)(=O)O)[C@H]1CC[C@H]2[C@@H]3[C@@H](OC=O)CC4CCCC[C@]4(C)[C@H]3CC(=O)[C@]12C. The highest BCUT2D eigenvalue weighted by molar-refractivity contribution is 7.86. The van der Waals surface area contributed by atoms with Crippen LogP contribution in [0.15, 0.2) is 0 Å². The minimum atomic E-state index is -6.53. The minimum absolute atomic E-state index is 0.0328. The summed E-state index contributed by atoms with van der Waals surface area (Å²) >= 11 is 0. The molecule has 0 aliphatic heterocycles. The number of carbonyl (C=O) groups excluding carboxylic acids is 3. The van der Waals surface area contributed by atoms with E-state index in [4.69, 9.17) is 9.29 Å². The average molecular weight is 631 g/mol. The molecule has 8 nitrogen and oxygen atoms in total. The molecule has 1 N–H and O–H groups in total. The van der Waals surface area contributed by atoms with Gasteiger partial charge in [-0.25, -0.2) is 0 Å². The molecule has 0 aromatic heterocycles. The first kappa shape index (κ1) is 33.1. The lowest BCUT2D eigenvalue weighted by molar-refractivity contribution is -0.259. The molecule has 0 aromatic rings. The number of fused-ring (bicyclic) bond motifs is 5. The molecule has 240 valence electrons. The number of ether oxygens (including phenoxy) is 2. The summed E-state index contributed by atoms with van der Waals surface area (Å²) in [5, 5.41) is -5.79. The molecule has 0 heterocycles. The predicted octanol–water partition coefficient (Wildman–Crippen LogP) is 5.74. The Bertz CT molecular complexity index is 1180. The molecular formula is C28H39F5O8S. The number of Topliss-reactive ketones (excluding diaryl/α,β-unsaturated/α-hetero) is 1. The van der Waals surface area contributed by atoms with Gasteiger partial charge < -0.3 is 9.47 Å². The van der Waals surface area contributed by atoms with E-state index in [1.165, 1.54) is 0 Å². The number of carbonyl (C=O) groups is 3. The molecular weight excluding hydrogens is 591 g/mol. The highest BCUT2D eigenvalue weighted by atomic mass is 32.2. The molecule has 4 aliphatic carbocycles. The van der Waals surface area contributed by atoms with Crippen molar-refractivity contribution in [2.45, 2.75) is 109 Å². The number of esters is 1. The zero-order valence-electron chi connectivity index (χ0n) is 23.9. The van der Waals surface area contributed by atoms with Crippen molar-refractivity contribution in [2.75, 3.05) is 0 Å². The van der Waals surface area contributed by atoms with E-state index >= 15 is 0 Å². The second-order valence-electron chi connectivity index (χ2n) is 13.3. The van der Waals surface area contributed by atoms with E-state index in [1.807, 2.05) is 6.92 Å². The fourth-order valence-electron chi connectivity index (χ4n) is 9.30. The second kappa shape index (κ2) is 11.3. The van der Waals surface area contributed by atoms with Crippen molar-refractivity contribution in [1.82, 2.24) is 0 Å². The van der Waals surface area contributed by atoms with Crippen molar-refractivity contribution in [3.05, 3.63) is 0 Å². The van der Waals surface area contributed by atoms with E-state index in [9.17, 15) is 44.8 Å². The third kappa shape index (κ3) is 5.47. The first-order valence-corrected chi connectivity index (χ1v) is 16.0. The summed E-state index contributed by atoms with van der Waals surface area (Å²) in [6.45, 7) is 6.34. The standard InChI is InChI=1S/C28H39F5O8S/c1-15(7-10-22(36)41-24(27(29,30)31)28(32,33)42(37,38)39)17-8-9-18-23-19(13-21(35)26(17,18)3)25(2)11-5-4-6-16(25)12-20(23)40-14-34/h14-20,23-24H,4-13H2,1-3H3,(H,37,38,39)/t15-,16?,17-,18+,19+,20+,23+,24?,25+,26-/m1/s1. The molecule has 42 heavy (non-hydrogen) atoms. The van der Waals surface area contributed by atoms with E-state index in [0.717, 1.165) is 32.1 Å². The molecule has 10 atom stereocenters. The Balaban J connectivity index is 1.50. The van der Waals surface area contributed by atoms with Gasteiger partial charge in [0.25, 0.3) is 12.6 Å². The molecule has 0 spiro atoms. The van der Waals surface area contributed by atoms with E-state index in [0.29, 0.717) is 31.7 Å². The Morgan fingerprint density at radius 1 is 1.12 bits per heavy atom. The zero-order chi connectivity index (χ0) is 31.5. The lowest BCUT2D eigenvalue weighted by atomic mass is 9.43. The quantitative estimate of drug-likeness (QED) is 0.148. The van der Waals surface area contributed by atoms with Crippen LogP contribution in [-0.2, 0) is 34.0 Å². The summed E-state index contributed by atoms with van der Waals surface area (Å²) in [7, 11) is -6.53. The Morgan fingerprint density at radius 2 is 1.79 bits per heavy atom. The maximum absolute atomic E-state index is 14.0. The summed E-state index contributed by atoms with van der Waals surface area (Å²) < 4.78 is 107.